The van der Waals surface area contributed by atoms with Gasteiger partial charge in [0.1, 0.15) is 0 Å². The van der Waals surface area contributed by atoms with Crippen molar-refractivity contribution in [3.05, 3.63) is 166 Å². The molecule has 0 amide bonds. The maximum atomic E-state index is 3.59. The van der Waals surface area contributed by atoms with E-state index in [1.54, 1.807) is 0 Å². The number of fused-ring (bicyclic) bond motifs is 2. The van der Waals surface area contributed by atoms with Gasteiger partial charge in [0.05, 0.1) is 5.41 Å². The molecule has 170 valence electrons. The summed E-state index contributed by atoms with van der Waals surface area (Å²) >= 11 is 3.59. The summed E-state index contributed by atoms with van der Waals surface area (Å²) in [6.07, 6.45) is 0. The highest BCUT2D eigenvalue weighted by atomic mass is 79.9. The van der Waals surface area contributed by atoms with Crippen LogP contribution in [0.4, 0.5) is 0 Å². The monoisotopic (exact) mass is 522 g/mol. The minimum Gasteiger partial charge on any atom is -0.0622 e. The molecule has 0 saturated carbocycles. The molecule has 0 fully saturated rings. The quantitative estimate of drug-likeness (QED) is 0.216. The predicted octanol–water partition coefficient (Wildman–Crippen LogP) is 9.63. The van der Waals surface area contributed by atoms with E-state index in [-0.39, 0.29) is 0 Å². The van der Waals surface area contributed by atoms with Gasteiger partial charge in [-0.25, -0.2) is 0 Å². The molecule has 1 aliphatic carbocycles. The SMILES string of the molecule is Brc1ccc(-c2ccc3c(c2)C(c2ccccc2)(c2ccccc2)c2cccc4cccc-3c24)cc1. The van der Waals surface area contributed by atoms with E-state index in [9.17, 15) is 0 Å². The van der Waals surface area contributed by atoms with Crippen molar-refractivity contribution in [3.8, 4) is 22.3 Å². The van der Waals surface area contributed by atoms with E-state index in [1.165, 1.54) is 55.3 Å². The van der Waals surface area contributed by atoms with Gasteiger partial charge >= 0.3 is 0 Å². The average molecular weight is 523 g/mol. The highest BCUT2D eigenvalue weighted by Crippen LogP contribution is 2.55. The van der Waals surface area contributed by atoms with Crippen LogP contribution >= 0.6 is 15.9 Å². The lowest BCUT2D eigenvalue weighted by Crippen LogP contribution is -2.34. The van der Waals surface area contributed by atoms with Crippen molar-refractivity contribution in [2.75, 3.05) is 0 Å². The Balaban J connectivity index is 1.67. The molecule has 0 aromatic heterocycles. The summed E-state index contributed by atoms with van der Waals surface area (Å²) in [6.45, 7) is 0. The molecular weight excluding hydrogens is 500 g/mol. The average Bonchev–Trinajstić information content (AvgIpc) is 2.95. The van der Waals surface area contributed by atoms with Crippen LogP contribution in [-0.2, 0) is 5.41 Å². The molecule has 0 unspecified atom stereocenters. The van der Waals surface area contributed by atoms with Crippen LogP contribution in [-0.4, -0.2) is 0 Å². The summed E-state index contributed by atoms with van der Waals surface area (Å²) < 4.78 is 1.09. The molecule has 0 atom stereocenters. The van der Waals surface area contributed by atoms with Gasteiger partial charge in [0.15, 0.2) is 0 Å². The molecule has 0 N–H and O–H groups in total. The molecule has 0 aliphatic heterocycles. The fourth-order valence-electron chi connectivity index (χ4n) is 6.10. The molecule has 0 radical (unpaired) electrons. The second-order valence-corrected chi connectivity index (χ2v) is 10.4. The molecular formula is C35H23Br. The molecule has 0 heterocycles. The lowest BCUT2D eigenvalue weighted by Gasteiger charge is -2.42. The largest absolute Gasteiger partial charge is 0.0713 e. The Hall–Kier alpha value is -3.94. The fraction of sp³-hybridized carbons (Fsp3) is 0.0286. The molecule has 0 nitrogen and oxygen atoms in total. The Morgan fingerprint density at radius 2 is 1.06 bits per heavy atom. The first kappa shape index (κ1) is 21.4. The van der Waals surface area contributed by atoms with E-state index in [2.05, 4.69) is 155 Å². The van der Waals surface area contributed by atoms with E-state index >= 15 is 0 Å². The predicted molar refractivity (Wildman–Crippen MR) is 154 cm³/mol. The van der Waals surface area contributed by atoms with Crippen LogP contribution in [0.3, 0.4) is 0 Å². The van der Waals surface area contributed by atoms with E-state index in [1.807, 2.05) is 0 Å². The van der Waals surface area contributed by atoms with Crippen molar-refractivity contribution in [3.63, 3.8) is 0 Å². The van der Waals surface area contributed by atoms with Crippen LogP contribution in [0.5, 0.6) is 0 Å². The molecule has 6 aromatic carbocycles. The zero-order valence-electron chi connectivity index (χ0n) is 19.7. The van der Waals surface area contributed by atoms with Crippen LogP contribution < -0.4 is 0 Å². The van der Waals surface area contributed by atoms with Crippen LogP contribution in [0.1, 0.15) is 22.3 Å². The Morgan fingerprint density at radius 3 is 1.72 bits per heavy atom. The summed E-state index contributed by atoms with van der Waals surface area (Å²) in [5.41, 5.74) is 9.85. The number of hydrogen-bond acceptors (Lipinski definition) is 0. The van der Waals surface area contributed by atoms with Gasteiger partial charge in [-0.3, -0.25) is 0 Å². The molecule has 1 heteroatoms. The third-order valence-electron chi connectivity index (χ3n) is 7.61. The van der Waals surface area contributed by atoms with E-state index in [0.29, 0.717) is 0 Å². The van der Waals surface area contributed by atoms with E-state index in [4.69, 9.17) is 0 Å². The highest BCUT2D eigenvalue weighted by molar-refractivity contribution is 9.10. The molecule has 7 rings (SSSR count). The molecule has 0 bridgehead atoms. The number of rotatable bonds is 3. The van der Waals surface area contributed by atoms with Crippen molar-refractivity contribution in [2.45, 2.75) is 5.41 Å². The first-order chi connectivity index (χ1) is 17.8. The minimum atomic E-state index is -0.433. The Labute approximate surface area is 220 Å². The summed E-state index contributed by atoms with van der Waals surface area (Å²) in [6, 6.07) is 51.2. The topological polar surface area (TPSA) is 0 Å². The minimum absolute atomic E-state index is 0.433. The number of hydrogen-bond donors (Lipinski definition) is 0. The van der Waals surface area contributed by atoms with E-state index in [0.717, 1.165) is 4.47 Å². The summed E-state index contributed by atoms with van der Waals surface area (Å²) in [4.78, 5) is 0. The Bertz CT molecular complexity index is 1670. The van der Waals surface area contributed by atoms with Gasteiger partial charge in [0, 0.05) is 4.47 Å². The zero-order chi connectivity index (χ0) is 24.1. The van der Waals surface area contributed by atoms with Gasteiger partial charge in [-0.1, -0.05) is 137 Å². The lowest BCUT2D eigenvalue weighted by molar-refractivity contribution is 0.750. The second kappa shape index (κ2) is 8.33. The van der Waals surface area contributed by atoms with Gasteiger partial charge in [-0.15, -0.1) is 0 Å². The molecule has 1 aliphatic rings. The van der Waals surface area contributed by atoms with Gasteiger partial charge in [0.2, 0.25) is 0 Å². The fourth-order valence-corrected chi connectivity index (χ4v) is 6.36. The molecule has 6 aromatic rings. The standard InChI is InChI=1S/C35H23Br/c36-29-20-17-24(18-21-29)26-19-22-30-31-15-7-9-25-10-8-16-32(34(25)31)35(33(30)23-26,27-11-3-1-4-12-27)28-13-5-2-6-14-28/h1-23H. The first-order valence-corrected chi connectivity index (χ1v) is 13.1. The van der Waals surface area contributed by atoms with Crippen LogP contribution in [0.25, 0.3) is 33.0 Å². The third-order valence-corrected chi connectivity index (χ3v) is 8.14. The van der Waals surface area contributed by atoms with Crippen LogP contribution in [0.2, 0.25) is 0 Å². The smallest absolute Gasteiger partial charge is 0.0622 e. The van der Waals surface area contributed by atoms with Gasteiger partial charge in [-0.2, -0.15) is 0 Å². The summed E-state index contributed by atoms with van der Waals surface area (Å²) in [5.74, 6) is 0. The zero-order valence-corrected chi connectivity index (χ0v) is 21.2. The maximum absolute atomic E-state index is 3.59. The van der Waals surface area contributed by atoms with Crippen LogP contribution in [0.15, 0.2) is 144 Å². The summed E-state index contributed by atoms with van der Waals surface area (Å²) in [5, 5.41) is 2.63. The van der Waals surface area contributed by atoms with Crippen molar-refractivity contribution in [1.82, 2.24) is 0 Å². The first-order valence-electron chi connectivity index (χ1n) is 12.3. The van der Waals surface area contributed by atoms with Crippen molar-refractivity contribution in [1.29, 1.82) is 0 Å². The van der Waals surface area contributed by atoms with Gasteiger partial charge in [-0.05, 0) is 73.5 Å². The molecule has 0 spiro atoms. The maximum Gasteiger partial charge on any atom is 0.0713 e. The third kappa shape index (κ3) is 3.06. The van der Waals surface area contributed by atoms with Gasteiger partial charge in [0.25, 0.3) is 0 Å². The Kier molecular flexibility index (Phi) is 4.94. The Morgan fingerprint density at radius 1 is 0.444 bits per heavy atom. The molecule has 36 heavy (non-hydrogen) atoms. The lowest BCUT2D eigenvalue weighted by atomic mass is 9.59. The highest BCUT2D eigenvalue weighted by Gasteiger charge is 2.44. The summed E-state index contributed by atoms with van der Waals surface area (Å²) in [7, 11) is 0. The van der Waals surface area contributed by atoms with Crippen molar-refractivity contribution >= 4 is 26.7 Å². The van der Waals surface area contributed by atoms with E-state index < -0.39 is 5.41 Å². The normalized spacial score (nSPS) is 13.4. The second-order valence-electron chi connectivity index (χ2n) is 9.46. The number of benzene rings is 6. The van der Waals surface area contributed by atoms with Crippen molar-refractivity contribution in [2.24, 2.45) is 0 Å². The molecule has 0 saturated heterocycles. The van der Waals surface area contributed by atoms with Crippen molar-refractivity contribution < 1.29 is 0 Å². The van der Waals surface area contributed by atoms with Crippen LogP contribution in [0, 0.1) is 0 Å². The van der Waals surface area contributed by atoms with Gasteiger partial charge < -0.3 is 0 Å². The number of halogens is 1.